The number of hydrogen-bond donors (Lipinski definition) is 13. The minimum absolute atomic E-state index is 0.00347. The van der Waals surface area contributed by atoms with Crippen LogP contribution in [0.3, 0.4) is 0 Å². The maximum Gasteiger partial charge on any atom is 0.363 e. The number of anilines is 3. The predicted molar refractivity (Wildman–Crippen MR) is 397 cm³/mol. The predicted octanol–water partition coefficient (Wildman–Crippen LogP) is 1.10. The van der Waals surface area contributed by atoms with E-state index in [4.69, 9.17) is 33.8 Å². The molecular weight excluding hydrogens is 1400 g/mol. The van der Waals surface area contributed by atoms with E-state index in [1.54, 1.807) is 54.6 Å². The first-order chi connectivity index (χ1) is 49.6. The summed E-state index contributed by atoms with van der Waals surface area (Å²) in [5.74, 6) is -11.3. The molecule has 0 spiro atoms. The van der Waals surface area contributed by atoms with E-state index in [9.17, 15) is 67.7 Å². The molecular formula is C71H85N15O15S3. The van der Waals surface area contributed by atoms with Gasteiger partial charge in [-0.05, 0) is 116 Å². The summed E-state index contributed by atoms with van der Waals surface area (Å²) in [7, 11) is 9.77. The molecule has 3 heterocycles. The molecule has 8 rings (SSSR count). The van der Waals surface area contributed by atoms with E-state index >= 15 is 0 Å². The van der Waals surface area contributed by atoms with Crippen LogP contribution in [-0.2, 0) is 65.6 Å². The number of likely N-dealkylation sites (tertiary alicyclic amines) is 1. The average molecular weight is 1480 g/mol. The van der Waals surface area contributed by atoms with Crippen LogP contribution in [0.2, 0.25) is 0 Å². The van der Waals surface area contributed by atoms with Gasteiger partial charge in [-0.15, -0.1) is 0 Å². The van der Waals surface area contributed by atoms with Gasteiger partial charge in [-0.3, -0.25) is 52.7 Å². The van der Waals surface area contributed by atoms with Crippen LogP contribution in [0.4, 0.5) is 17.1 Å². The van der Waals surface area contributed by atoms with Crippen molar-refractivity contribution in [2.45, 2.75) is 113 Å². The zero-order valence-corrected chi connectivity index (χ0v) is 60.2. The number of unbranched alkanes of at least 4 members (excludes halogenated alkanes) is 1. The number of amides is 11. The molecule has 0 bridgehead atoms. The standard InChI is InChI=1S/C71H85N15O15S3/c1-84(2)42-18-23-46-56(34-42)101-57-35-43(85(3)4)19-24-47(57)62(46)45-22-17-41(33-48(45)70(99)100)77-71(102)75-28-9-8-13-49(63(92)76-37-60(74)90)80-68(97)55-14-10-29-86(55)69(98)54-38-104-103-30-27-61(91)78-51(32-40-15-20-44(87)21-16-40)65(94)81-52(31-39-11-6-5-7-12-39)66(95)79-50(25-26-58(72)88)64(93)82-53(36-59(73)89)67(96)83-54/h5-7,11-12,15-24,33-35,49-55H,8-10,13-14,25-32,36-38H2,1-4H3,(H16-,72,73,74,75,76,77,78,79,80,81,82,83,87,88,89,90,91,92,93,94,95,96,97,99,100,102). The minimum Gasteiger partial charge on any atom is -0.545 e. The lowest BCUT2D eigenvalue weighted by Crippen LogP contribution is -2.61. The van der Waals surface area contributed by atoms with Gasteiger partial charge in [0.15, 0.2) is 5.11 Å². The summed E-state index contributed by atoms with van der Waals surface area (Å²) in [5.41, 5.74) is 21.6. The van der Waals surface area contributed by atoms with Crippen LogP contribution >= 0.6 is 33.8 Å². The minimum atomic E-state index is -1.81. The lowest BCUT2D eigenvalue weighted by atomic mass is 9.92. The highest BCUT2D eigenvalue weighted by atomic mass is 33.1. The molecule has 11 amide bonds. The van der Waals surface area contributed by atoms with Gasteiger partial charge < -0.3 is 94.8 Å². The molecule has 2 saturated heterocycles. The van der Waals surface area contributed by atoms with Crippen LogP contribution < -0.4 is 80.0 Å². The SMILES string of the molecule is CN(C)c1ccc2c(-c3ccc(NC(=S)NCCCCC(NC(=O)C4CCCN4C(=O)C4CSSCCC(=O)NC(Cc5ccc(O)cc5)C(=O)NC(Cc5ccccc5)C(=O)NC(CCC(N)=O)C(=O)NC(CC(N)=O)C(=O)N4)C(=O)NCC(N)=O)cc3C(=O)[O-])c3ccc(N(C)C)cc3[o+]c2c1. The smallest absolute Gasteiger partial charge is 0.363 e. The van der Waals surface area contributed by atoms with Crippen LogP contribution in [-0.4, -0.2) is 188 Å². The molecule has 0 aliphatic carbocycles. The van der Waals surface area contributed by atoms with Crippen molar-refractivity contribution in [3.8, 4) is 16.9 Å². The molecule has 1 aromatic heterocycles. The van der Waals surface area contributed by atoms with Gasteiger partial charge in [-0.2, -0.15) is 0 Å². The Morgan fingerprint density at radius 3 is 1.91 bits per heavy atom. The zero-order chi connectivity index (χ0) is 75.3. The fourth-order valence-corrected chi connectivity index (χ4v) is 14.2. The highest BCUT2D eigenvalue weighted by molar-refractivity contribution is 8.76. The van der Waals surface area contributed by atoms with E-state index in [0.29, 0.717) is 56.3 Å². The van der Waals surface area contributed by atoms with Crippen LogP contribution in [0.25, 0.3) is 33.1 Å². The quantitative estimate of drug-likeness (QED) is 0.0125. The number of phenols is 1. The number of carboxylic acids is 1. The number of carbonyl (C=O) groups is 12. The summed E-state index contributed by atoms with van der Waals surface area (Å²) in [6.45, 7) is -0.357. The Balaban J connectivity index is 0.962. The number of hydrogen-bond acceptors (Lipinski definition) is 19. The normalized spacial score (nSPS) is 18.8. The maximum absolute atomic E-state index is 14.9. The number of primary amides is 3. The summed E-state index contributed by atoms with van der Waals surface area (Å²) in [5, 5.41) is 48.7. The van der Waals surface area contributed by atoms with E-state index < -0.39 is 139 Å². The van der Waals surface area contributed by atoms with Gasteiger partial charge in [0.05, 0.1) is 41.8 Å². The zero-order valence-electron chi connectivity index (χ0n) is 57.7. The van der Waals surface area contributed by atoms with Crippen molar-refractivity contribution in [1.29, 1.82) is 0 Å². The van der Waals surface area contributed by atoms with Gasteiger partial charge in [0, 0.05) is 107 Å². The fraction of sp³-hybridized carbons (Fsp3) is 0.380. The highest BCUT2D eigenvalue weighted by Gasteiger charge is 2.41. The van der Waals surface area contributed by atoms with Crippen LogP contribution in [0.15, 0.2) is 114 Å². The largest absolute Gasteiger partial charge is 0.545 e. The van der Waals surface area contributed by atoms with Crippen molar-refractivity contribution in [1.82, 2.24) is 47.4 Å². The molecule has 30 nitrogen and oxygen atoms in total. The van der Waals surface area contributed by atoms with Crippen LogP contribution in [0, 0.1) is 0 Å². The fourth-order valence-electron chi connectivity index (χ4n) is 11.9. The second kappa shape index (κ2) is 37.4. The van der Waals surface area contributed by atoms with Crippen molar-refractivity contribution in [3.63, 3.8) is 0 Å². The number of carbonyl (C=O) groups excluding carboxylic acids is 12. The molecule has 2 aliphatic heterocycles. The summed E-state index contributed by atoms with van der Waals surface area (Å²) in [4.78, 5) is 169. The van der Waals surface area contributed by atoms with Crippen LogP contribution in [0.1, 0.15) is 79.3 Å². The van der Waals surface area contributed by atoms with Gasteiger partial charge in [0.2, 0.25) is 65.0 Å². The number of nitrogens with two attached hydrogens (primary N) is 3. The number of thiocarbonyl (C=S) groups is 1. The summed E-state index contributed by atoms with van der Waals surface area (Å²) in [6.07, 6.45) is -1.16. The van der Waals surface area contributed by atoms with E-state index in [0.717, 1.165) is 33.0 Å². The van der Waals surface area contributed by atoms with Gasteiger partial charge in [0.1, 0.15) is 48.0 Å². The Bertz CT molecular complexity index is 4140. The van der Waals surface area contributed by atoms with Crippen molar-refractivity contribution in [2.75, 3.05) is 74.4 Å². The number of rotatable bonds is 25. The van der Waals surface area contributed by atoms with E-state index in [2.05, 4.69) is 47.9 Å². The molecule has 16 N–H and O–H groups in total. The number of aromatic hydroxyl groups is 1. The van der Waals surface area contributed by atoms with Crippen molar-refractivity contribution >= 4 is 149 Å². The third-order valence-corrected chi connectivity index (χ3v) is 19.9. The highest BCUT2D eigenvalue weighted by Crippen LogP contribution is 2.41. The van der Waals surface area contributed by atoms with Crippen molar-refractivity contribution in [2.24, 2.45) is 17.2 Å². The lowest BCUT2D eigenvalue weighted by Gasteiger charge is -2.31. The first-order valence-electron chi connectivity index (χ1n) is 33.5. The van der Waals surface area contributed by atoms with Gasteiger partial charge in [-0.1, -0.05) is 70.1 Å². The molecule has 33 heteroatoms. The molecule has 2 fully saturated rings. The summed E-state index contributed by atoms with van der Waals surface area (Å²) < 4.78 is 6.44. The molecule has 6 aromatic rings. The number of benzene rings is 5. The second-order valence-corrected chi connectivity index (χ2v) is 28.5. The molecule has 552 valence electrons. The van der Waals surface area contributed by atoms with Gasteiger partial charge in [0.25, 0.3) is 0 Å². The maximum atomic E-state index is 14.9. The molecule has 0 radical (unpaired) electrons. The lowest BCUT2D eigenvalue weighted by molar-refractivity contribution is -0.255. The molecule has 7 unspecified atom stereocenters. The first kappa shape index (κ1) is 78.9. The Morgan fingerprint density at radius 1 is 0.692 bits per heavy atom. The van der Waals surface area contributed by atoms with Crippen LogP contribution in [0.5, 0.6) is 5.75 Å². The number of aromatic carboxylic acids is 1. The molecule has 5 aromatic carbocycles. The first-order valence-corrected chi connectivity index (χ1v) is 36.4. The van der Waals surface area contributed by atoms with Gasteiger partial charge >= 0.3 is 11.2 Å². The average Bonchev–Trinajstić information content (AvgIpc) is 0.844. The molecule has 2 aliphatic rings. The van der Waals surface area contributed by atoms with Crippen molar-refractivity contribution < 1.29 is 72.2 Å². The second-order valence-electron chi connectivity index (χ2n) is 25.4. The Kier molecular flexibility index (Phi) is 28.4. The third-order valence-electron chi connectivity index (χ3n) is 17.2. The van der Waals surface area contributed by atoms with E-state index in [1.807, 2.05) is 74.4 Å². The monoisotopic (exact) mass is 1480 g/mol. The Hall–Kier alpha value is -10.8. The van der Waals surface area contributed by atoms with E-state index in [-0.39, 0.29) is 86.0 Å². The van der Waals surface area contributed by atoms with Gasteiger partial charge in [-0.25, -0.2) is 4.42 Å². The van der Waals surface area contributed by atoms with E-state index in [1.165, 1.54) is 23.1 Å². The third kappa shape index (κ3) is 22.4. The topological polar surface area (TPSA) is 455 Å². The molecule has 0 saturated carbocycles. The summed E-state index contributed by atoms with van der Waals surface area (Å²) >= 11 is 5.62. The number of carboxylic acid groups (broad SMARTS) is 1. The number of nitrogens with zero attached hydrogens (tertiary/aromatic N) is 3. The Labute approximate surface area is 612 Å². The van der Waals surface area contributed by atoms with Crippen molar-refractivity contribution in [3.05, 3.63) is 126 Å². The summed E-state index contributed by atoms with van der Waals surface area (Å²) in [6, 6.07) is 20.3. The molecule has 7 atom stereocenters. The Morgan fingerprint density at radius 2 is 1.30 bits per heavy atom. The number of fused-ring (bicyclic) bond motifs is 2. The number of nitrogens with one attached hydrogen (secondary N) is 9. The molecule has 104 heavy (non-hydrogen) atoms. The number of phenolic OH excluding ortho intramolecular Hbond substituents is 1.